The molecule has 0 amide bonds. The van der Waals surface area contributed by atoms with E-state index in [2.05, 4.69) is 0 Å². The zero-order chi connectivity index (χ0) is 13.8. The first kappa shape index (κ1) is 14.6. The summed E-state index contributed by atoms with van der Waals surface area (Å²) in [6.07, 6.45) is 3.76. The lowest BCUT2D eigenvalue weighted by Gasteiger charge is -2.23. The minimum absolute atomic E-state index is 0.183. The van der Waals surface area contributed by atoms with Crippen LogP contribution < -0.4 is 4.74 Å². The van der Waals surface area contributed by atoms with E-state index in [4.69, 9.17) is 16.3 Å². The van der Waals surface area contributed by atoms with Gasteiger partial charge >= 0.3 is 0 Å². The first-order valence-corrected chi connectivity index (χ1v) is 7.28. The van der Waals surface area contributed by atoms with E-state index in [1.807, 2.05) is 0 Å². The number of aliphatic hydroxyl groups is 2. The molecule has 1 aliphatic rings. The number of hydrogen-bond acceptors (Lipinski definition) is 3. The first-order chi connectivity index (χ1) is 9.08. The highest BCUT2D eigenvalue weighted by atomic mass is 35.5. The van der Waals surface area contributed by atoms with E-state index in [1.165, 1.54) is 0 Å². The van der Waals surface area contributed by atoms with Crippen LogP contribution in [0.2, 0.25) is 5.02 Å². The lowest BCUT2D eigenvalue weighted by atomic mass is 10.1. The second kappa shape index (κ2) is 6.60. The van der Waals surface area contributed by atoms with Gasteiger partial charge in [-0.3, -0.25) is 0 Å². The molecule has 1 aliphatic carbocycles. The fourth-order valence-electron chi connectivity index (χ4n) is 2.43. The van der Waals surface area contributed by atoms with Gasteiger partial charge in [-0.25, -0.2) is 0 Å². The molecular weight excluding hydrogens is 264 g/mol. The van der Waals surface area contributed by atoms with Gasteiger partial charge in [0.25, 0.3) is 0 Å². The molecule has 0 saturated heterocycles. The summed E-state index contributed by atoms with van der Waals surface area (Å²) in [5.74, 6) is 0.581. The predicted molar refractivity (Wildman–Crippen MR) is 75.6 cm³/mol. The molecule has 3 atom stereocenters. The second-order valence-corrected chi connectivity index (χ2v) is 5.63. The Bertz CT molecular complexity index is 420. The predicted octanol–water partition coefficient (Wildman–Crippen LogP) is 3.47. The number of ether oxygens (including phenoxy) is 1. The Hall–Kier alpha value is -0.770. The molecule has 0 aliphatic heterocycles. The molecule has 1 fully saturated rings. The molecular formula is C15H21ClO3. The fourth-order valence-corrected chi connectivity index (χ4v) is 2.66. The summed E-state index contributed by atoms with van der Waals surface area (Å²) in [5, 5.41) is 20.0. The van der Waals surface area contributed by atoms with Gasteiger partial charge in [0.05, 0.1) is 17.2 Å². The second-order valence-electron chi connectivity index (χ2n) is 5.23. The molecule has 1 saturated carbocycles. The molecule has 2 N–H and O–H groups in total. The van der Waals surface area contributed by atoms with Crippen molar-refractivity contribution in [2.45, 2.75) is 57.3 Å². The molecule has 0 aromatic heterocycles. The minimum Gasteiger partial charge on any atom is -0.486 e. The van der Waals surface area contributed by atoms with Crippen LogP contribution in [0.5, 0.6) is 5.75 Å². The molecule has 0 bridgehead atoms. The number of aliphatic hydroxyl groups excluding tert-OH is 2. The van der Waals surface area contributed by atoms with Crippen LogP contribution in [0.1, 0.15) is 50.7 Å². The monoisotopic (exact) mass is 284 g/mol. The molecule has 2 unspecified atom stereocenters. The Balaban J connectivity index is 2.09. The molecule has 3 nitrogen and oxygen atoms in total. The van der Waals surface area contributed by atoms with Crippen LogP contribution in [-0.2, 0) is 0 Å². The van der Waals surface area contributed by atoms with Gasteiger partial charge in [-0.2, -0.15) is 0 Å². The Labute approximate surface area is 119 Å². The molecule has 19 heavy (non-hydrogen) atoms. The van der Waals surface area contributed by atoms with Crippen molar-refractivity contribution >= 4 is 11.6 Å². The molecule has 106 valence electrons. The largest absolute Gasteiger partial charge is 0.486 e. The average Bonchev–Trinajstić information content (AvgIpc) is 2.57. The Morgan fingerprint density at radius 2 is 2.00 bits per heavy atom. The van der Waals surface area contributed by atoms with Crippen LogP contribution in [0.15, 0.2) is 18.2 Å². The fraction of sp³-hybridized carbons (Fsp3) is 0.600. The average molecular weight is 285 g/mol. The van der Waals surface area contributed by atoms with Gasteiger partial charge in [-0.1, -0.05) is 30.5 Å². The summed E-state index contributed by atoms with van der Waals surface area (Å²) < 4.78 is 5.85. The van der Waals surface area contributed by atoms with Gasteiger partial charge in [-0.05, 0) is 43.9 Å². The highest BCUT2D eigenvalue weighted by molar-refractivity contribution is 6.32. The van der Waals surface area contributed by atoms with Crippen molar-refractivity contribution in [2.75, 3.05) is 0 Å². The third-order valence-corrected chi connectivity index (χ3v) is 3.93. The molecule has 4 heteroatoms. The van der Waals surface area contributed by atoms with Crippen molar-refractivity contribution in [3.8, 4) is 5.75 Å². The van der Waals surface area contributed by atoms with E-state index in [-0.39, 0.29) is 6.10 Å². The highest BCUT2D eigenvalue weighted by Gasteiger charge is 2.24. The van der Waals surface area contributed by atoms with Crippen LogP contribution in [0.25, 0.3) is 0 Å². The van der Waals surface area contributed by atoms with E-state index >= 15 is 0 Å². The van der Waals surface area contributed by atoms with Crippen LogP contribution in [0.3, 0.4) is 0 Å². The van der Waals surface area contributed by atoms with Crippen molar-refractivity contribution in [3.63, 3.8) is 0 Å². The summed E-state index contributed by atoms with van der Waals surface area (Å²) in [5.41, 5.74) is 0.763. The van der Waals surface area contributed by atoms with Crippen molar-refractivity contribution < 1.29 is 14.9 Å². The van der Waals surface area contributed by atoms with Crippen molar-refractivity contribution in [1.82, 2.24) is 0 Å². The Morgan fingerprint density at radius 1 is 1.26 bits per heavy atom. The summed E-state index contributed by atoms with van der Waals surface area (Å²) >= 11 is 6.16. The van der Waals surface area contributed by atoms with E-state index in [9.17, 15) is 10.2 Å². The SMILES string of the molecule is C[C@@H](O)c1ccc(OC2CCCCCC2O)c(Cl)c1. The maximum atomic E-state index is 10.0. The maximum absolute atomic E-state index is 10.0. The van der Waals surface area contributed by atoms with Crippen molar-refractivity contribution in [2.24, 2.45) is 0 Å². The molecule has 1 aromatic rings. The van der Waals surface area contributed by atoms with Crippen molar-refractivity contribution in [3.05, 3.63) is 28.8 Å². The summed E-state index contributed by atoms with van der Waals surface area (Å²) in [4.78, 5) is 0. The summed E-state index contributed by atoms with van der Waals surface area (Å²) in [6.45, 7) is 1.70. The number of rotatable bonds is 3. The molecule has 2 rings (SSSR count). The molecule has 0 spiro atoms. The van der Waals surface area contributed by atoms with Gasteiger partial charge in [-0.15, -0.1) is 0 Å². The van der Waals surface area contributed by atoms with Gasteiger partial charge in [0.1, 0.15) is 11.9 Å². The van der Waals surface area contributed by atoms with Crippen LogP contribution in [-0.4, -0.2) is 22.4 Å². The normalized spacial score (nSPS) is 25.7. The molecule has 0 radical (unpaired) electrons. The van der Waals surface area contributed by atoms with Gasteiger partial charge in [0.15, 0.2) is 0 Å². The van der Waals surface area contributed by atoms with Crippen LogP contribution >= 0.6 is 11.6 Å². The van der Waals surface area contributed by atoms with Crippen LogP contribution in [0, 0.1) is 0 Å². The lowest BCUT2D eigenvalue weighted by Crippen LogP contribution is -2.30. The lowest BCUT2D eigenvalue weighted by molar-refractivity contribution is 0.0320. The number of halogens is 1. The van der Waals surface area contributed by atoms with E-state index in [0.717, 1.165) is 37.7 Å². The topological polar surface area (TPSA) is 49.7 Å². The summed E-state index contributed by atoms with van der Waals surface area (Å²) in [7, 11) is 0. The minimum atomic E-state index is -0.546. The summed E-state index contributed by atoms with van der Waals surface area (Å²) in [6, 6.07) is 5.28. The quantitative estimate of drug-likeness (QED) is 0.836. The third kappa shape index (κ3) is 3.85. The zero-order valence-electron chi connectivity index (χ0n) is 11.2. The molecule has 0 heterocycles. The van der Waals surface area contributed by atoms with Gasteiger partial charge in [0.2, 0.25) is 0 Å². The highest BCUT2D eigenvalue weighted by Crippen LogP contribution is 2.31. The van der Waals surface area contributed by atoms with E-state index < -0.39 is 12.2 Å². The van der Waals surface area contributed by atoms with E-state index in [1.54, 1.807) is 25.1 Å². The zero-order valence-corrected chi connectivity index (χ0v) is 11.9. The first-order valence-electron chi connectivity index (χ1n) is 6.90. The molecule has 1 aromatic carbocycles. The number of hydrogen-bond donors (Lipinski definition) is 2. The van der Waals surface area contributed by atoms with Crippen LogP contribution in [0.4, 0.5) is 0 Å². The van der Waals surface area contributed by atoms with Gasteiger partial charge < -0.3 is 14.9 Å². The third-order valence-electron chi connectivity index (χ3n) is 3.63. The van der Waals surface area contributed by atoms with Gasteiger partial charge in [0, 0.05) is 0 Å². The standard InChI is InChI=1S/C15H21ClO3/c1-10(17)11-7-8-14(12(16)9-11)19-15-6-4-2-3-5-13(15)18/h7-10,13,15,17-18H,2-6H2,1H3/t10-,13?,15?/m1/s1. The smallest absolute Gasteiger partial charge is 0.138 e. The van der Waals surface area contributed by atoms with E-state index in [0.29, 0.717) is 10.8 Å². The Morgan fingerprint density at radius 3 is 2.68 bits per heavy atom. The number of benzene rings is 1. The maximum Gasteiger partial charge on any atom is 0.138 e. The van der Waals surface area contributed by atoms with Crippen molar-refractivity contribution in [1.29, 1.82) is 0 Å². The Kier molecular flexibility index (Phi) is 5.08.